The van der Waals surface area contributed by atoms with Gasteiger partial charge >= 0.3 is 0 Å². The minimum absolute atomic E-state index is 0.526. The maximum atomic E-state index is 2.57. The fraction of sp³-hybridized carbons (Fsp3) is 0.812. The van der Waals surface area contributed by atoms with Gasteiger partial charge in [-0.3, -0.25) is 0 Å². The first-order valence-corrected chi connectivity index (χ1v) is 14.8. The van der Waals surface area contributed by atoms with E-state index in [4.69, 9.17) is 0 Å². The van der Waals surface area contributed by atoms with Gasteiger partial charge < -0.3 is 0 Å². The van der Waals surface area contributed by atoms with Crippen LogP contribution in [0.25, 0.3) is 0 Å². The molecule has 0 amide bonds. The van der Waals surface area contributed by atoms with Gasteiger partial charge in [0.05, 0.1) is 0 Å². The second-order valence-electron chi connectivity index (χ2n) is 12.8. The molecule has 1 aromatic carbocycles. The highest BCUT2D eigenvalue weighted by Crippen LogP contribution is 2.62. The van der Waals surface area contributed by atoms with Gasteiger partial charge in [0, 0.05) is 0 Å². The second kappa shape index (κ2) is 9.84. The van der Waals surface area contributed by atoms with E-state index in [1.54, 1.807) is 24.0 Å². The van der Waals surface area contributed by atoms with Gasteiger partial charge in [-0.25, -0.2) is 0 Å². The molecule has 0 heteroatoms. The van der Waals surface area contributed by atoms with E-state index in [-0.39, 0.29) is 0 Å². The monoisotopic (exact) mass is 434 g/mol. The molecule has 0 spiro atoms. The maximum absolute atomic E-state index is 2.57. The maximum Gasteiger partial charge on any atom is -0.00463 e. The van der Waals surface area contributed by atoms with E-state index in [1.165, 1.54) is 103 Å². The van der Waals surface area contributed by atoms with Crippen LogP contribution in [0.5, 0.6) is 0 Å². The number of hydrogen-bond acceptors (Lipinski definition) is 0. The van der Waals surface area contributed by atoms with Crippen molar-refractivity contribution in [3.63, 3.8) is 0 Å². The molecule has 2 bridgehead atoms. The molecule has 0 heterocycles. The Bertz CT molecular complexity index is 686. The molecule has 0 nitrogen and oxygen atoms in total. The fourth-order valence-electron chi connectivity index (χ4n) is 9.03. The number of hydrogen-bond donors (Lipinski definition) is 0. The molecule has 0 unspecified atom stereocenters. The molecular weight excluding hydrogens is 384 g/mol. The topological polar surface area (TPSA) is 0 Å². The molecule has 0 atom stereocenters. The summed E-state index contributed by atoms with van der Waals surface area (Å²) in [4.78, 5) is 0. The van der Waals surface area contributed by atoms with Crippen LogP contribution in [0.1, 0.15) is 146 Å². The Morgan fingerprint density at radius 2 is 1.12 bits per heavy atom. The van der Waals surface area contributed by atoms with E-state index in [1.807, 2.05) is 0 Å². The Labute approximate surface area is 199 Å². The zero-order valence-electron chi connectivity index (χ0n) is 21.3. The van der Waals surface area contributed by atoms with Crippen LogP contribution in [0.2, 0.25) is 0 Å². The Kier molecular flexibility index (Phi) is 7.06. The third kappa shape index (κ3) is 4.46. The molecule has 1 aromatic rings. The third-order valence-corrected chi connectivity index (χ3v) is 11.3. The van der Waals surface area contributed by atoms with Gasteiger partial charge in [0.25, 0.3) is 0 Å². The molecule has 5 saturated carbocycles. The lowest BCUT2D eigenvalue weighted by Crippen LogP contribution is -2.48. The highest BCUT2D eigenvalue weighted by Gasteiger charge is 2.52. The minimum Gasteiger partial charge on any atom is -0.0654 e. The van der Waals surface area contributed by atoms with Gasteiger partial charge in [-0.1, -0.05) is 76.6 Å². The van der Waals surface area contributed by atoms with Crippen LogP contribution in [0.15, 0.2) is 24.3 Å². The van der Waals surface area contributed by atoms with E-state index in [0.717, 1.165) is 29.1 Å². The van der Waals surface area contributed by atoms with Gasteiger partial charge in [0.1, 0.15) is 0 Å². The molecule has 178 valence electrons. The summed E-state index contributed by atoms with van der Waals surface area (Å²) in [5.41, 5.74) is 4.60. The van der Waals surface area contributed by atoms with Crippen molar-refractivity contribution < 1.29 is 0 Å². The fourth-order valence-corrected chi connectivity index (χ4v) is 9.03. The largest absolute Gasteiger partial charge is 0.0654 e. The average Bonchev–Trinajstić information content (AvgIpc) is 2.87. The number of benzene rings is 1. The minimum atomic E-state index is 0.526. The predicted octanol–water partition coefficient (Wildman–Crippen LogP) is 9.96. The van der Waals surface area contributed by atoms with Crippen molar-refractivity contribution in [3.8, 4) is 0 Å². The van der Waals surface area contributed by atoms with Crippen molar-refractivity contribution in [1.29, 1.82) is 0 Å². The molecule has 5 fully saturated rings. The lowest BCUT2D eigenvalue weighted by atomic mass is 9.47. The van der Waals surface area contributed by atoms with Crippen molar-refractivity contribution >= 4 is 0 Å². The van der Waals surface area contributed by atoms with Gasteiger partial charge in [0.15, 0.2) is 0 Å². The third-order valence-electron chi connectivity index (χ3n) is 11.3. The zero-order chi connectivity index (χ0) is 22.0. The summed E-state index contributed by atoms with van der Waals surface area (Å²) in [5.74, 6) is 3.96. The van der Waals surface area contributed by atoms with E-state index < -0.39 is 0 Å². The molecular formula is C32H50. The normalized spacial score (nSPS) is 39.8. The Balaban J connectivity index is 1.18. The van der Waals surface area contributed by atoms with E-state index in [0.29, 0.717) is 5.41 Å². The Morgan fingerprint density at radius 3 is 1.62 bits per heavy atom. The molecule has 32 heavy (non-hydrogen) atoms. The highest BCUT2D eigenvalue weighted by molar-refractivity contribution is 5.33. The zero-order valence-corrected chi connectivity index (χ0v) is 21.3. The van der Waals surface area contributed by atoms with Crippen molar-refractivity contribution in [2.45, 2.75) is 141 Å². The first-order valence-electron chi connectivity index (χ1n) is 14.8. The lowest BCUT2D eigenvalue weighted by Gasteiger charge is -2.58. The first-order chi connectivity index (χ1) is 15.7. The molecule has 5 aliphatic carbocycles. The number of fused-ring (bicyclic) bond motifs is 3. The van der Waals surface area contributed by atoms with Gasteiger partial charge in [-0.05, 0) is 123 Å². The Morgan fingerprint density at radius 1 is 0.625 bits per heavy atom. The van der Waals surface area contributed by atoms with Crippen LogP contribution >= 0.6 is 0 Å². The Hall–Kier alpha value is -0.780. The van der Waals surface area contributed by atoms with Crippen LogP contribution in [0, 0.1) is 23.2 Å². The summed E-state index contributed by atoms with van der Waals surface area (Å²) in [7, 11) is 0. The van der Waals surface area contributed by atoms with Crippen molar-refractivity contribution in [1.82, 2.24) is 0 Å². The van der Waals surface area contributed by atoms with Gasteiger partial charge in [-0.15, -0.1) is 0 Å². The average molecular weight is 435 g/mol. The van der Waals surface area contributed by atoms with Crippen LogP contribution in [0.4, 0.5) is 0 Å². The van der Waals surface area contributed by atoms with E-state index in [2.05, 4.69) is 38.1 Å². The molecule has 0 aromatic heterocycles. The van der Waals surface area contributed by atoms with E-state index in [9.17, 15) is 0 Å². The molecule has 0 radical (unpaired) electrons. The highest BCUT2D eigenvalue weighted by atomic mass is 14.6. The van der Waals surface area contributed by atoms with Crippen LogP contribution in [-0.4, -0.2) is 0 Å². The number of rotatable bonds is 7. The van der Waals surface area contributed by atoms with E-state index >= 15 is 0 Å². The predicted molar refractivity (Wildman–Crippen MR) is 138 cm³/mol. The SMILES string of the molecule is CCCC1CCC(c2ccc(C34CCC(C5CCC(CCC)CC5)(CC3)CC4)cc2)CC1. The van der Waals surface area contributed by atoms with Crippen molar-refractivity contribution in [2.24, 2.45) is 23.2 Å². The lowest BCUT2D eigenvalue weighted by molar-refractivity contribution is -0.0294. The van der Waals surface area contributed by atoms with Crippen LogP contribution in [0.3, 0.4) is 0 Å². The quantitative estimate of drug-likeness (QED) is 0.400. The second-order valence-corrected chi connectivity index (χ2v) is 12.8. The van der Waals surface area contributed by atoms with Crippen molar-refractivity contribution in [3.05, 3.63) is 35.4 Å². The van der Waals surface area contributed by atoms with Gasteiger partial charge in [0.2, 0.25) is 0 Å². The standard InChI is InChI=1S/C32H50/c1-3-5-25-7-11-27(12-8-25)28-13-17-30(18-14-28)32-22-19-31(20-23-32,21-24-32)29-15-9-26(6-4-2)10-16-29/h13-14,17-18,25-27,29H,3-12,15-16,19-24H2,1-2H3. The molecule has 0 aliphatic heterocycles. The van der Waals surface area contributed by atoms with Crippen LogP contribution in [-0.2, 0) is 5.41 Å². The smallest absolute Gasteiger partial charge is 0.00463 e. The molecule has 6 rings (SSSR count). The summed E-state index contributed by atoms with van der Waals surface area (Å²) >= 11 is 0. The van der Waals surface area contributed by atoms with Crippen LogP contribution < -0.4 is 0 Å². The van der Waals surface area contributed by atoms with Gasteiger partial charge in [-0.2, -0.15) is 0 Å². The summed E-state index contributed by atoms with van der Waals surface area (Å²) in [6.07, 6.45) is 26.7. The summed E-state index contributed by atoms with van der Waals surface area (Å²) < 4.78 is 0. The summed E-state index contributed by atoms with van der Waals surface area (Å²) in [6.45, 7) is 4.72. The van der Waals surface area contributed by atoms with Crippen molar-refractivity contribution in [2.75, 3.05) is 0 Å². The molecule has 0 N–H and O–H groups in total. The summed E-state index contributed by atoms with van der Waals surface area (Å²) in [5, 5.41) is 0. The summed E-state index contributed by atoms with van der Waals surface area (Å²) in [6, 6.07) is 10.2. The first kappa shape index (κ1) is 23.0. The molecule has 0 saturated heterocycles. The molecule has 5 aliphatic rings.